The van der Waals surface area contributed by atoms with Gasteiger partial charge >= 0.3 is 0 Å². The number of hydrogen-bond donors (Lipinski definition) is 2. The Morgan fingerprint density at radius 1 is 1.07 bits per heavy atom. The topological polar surface area (TPSA) is 79.8 Å². The maximum absolute atomic E-state index is 13.6. The molecule has 7 heteroatoms. The summed E-state index contributed by atoms with van der Waals surface area (Å²) in [4.78, 5) is 23.9. The third kappa shape index (κ3) is 4.95. The van der Waals surface area contributed by atoms with E-state index < -0.39 is 17.6 Å². The molecule has 0 fully saturated rings. The highest BCUT2D eigenvalue weighted by Gasteiger charge is 2.12. The molecule has 0 unspecified atom stereocenters. The standard InChI is InChI=1S/C22H20FN3O3/c1-2-29-20-12-11-15-7-3-4-8-16(15)18(20)13-25-26-21(27)14-24-22(28)17-9-5-6-10-19(17)23/h3-13H,2,14H2,1H3,(H,24,28)(H,26,27)/b25-13-. The molecule has 148 valence electrons. The summed E-state index contributed by atoms with van der Waals surface area (Å²) in [6.07, 6.45) is 1.50. The maximum Gasteiger partial charge on any atom is 0.259 e. The van der Waals surface area contributed by atoms with Crippen LogP contribution in [0, 0.1) is 5.82 Å². The van der Waals surface area contributed by atoms with Crippen LogP contribution in [0.4, 0.5) is 4.39 Å². The van der Waals surface area contributed by atoms with Crippen LogP contribution in [0.5, 0.6) is 5.75 Å². The Morgan fingerprint density at radius 3 is 2.62 bits per heavy atom. The Balaban J connectivity index is 1.65. The maximum atomic E-state index is 13.6. The predicted octanol–water partition coefficient (Wildman–Crippen LogP) is 3.26. The number of amides is 2. The Kier molecular flexibility index (Phi) is 6.52. The SMILES string of the molecule is CCOc1ccc2ccccc2c1/C=N\NC(=O)CNC(=O)c1ccccc1F. The third-order valence-corrected chi connectivity index (χ3v) is 4.14. The minimum absolute atomic E-state index is 0.124. The van der Waals surface area contributed by atoms with Crippen molar-refractivity contribution in [3.05, 3.63) is 77.6 Å². The molecule has 0 radical (unpaired) electrons. The zero-order valence-corrected chi connectivity index (χ0v) is 15.8. The molecule has 0 atom stereocenters. The van der Waals surface area contributed by atoms with Crippen LogP contribution in [0.1, 0.15) is 22.8 Å². The second-order valence-electron chi connectivity index (χ2n) is 6.09. The van der Waals surface area contributed by atoms with Crippen molar-refractivity contribution in [3.63, 3.8) is 0 Å². The molecule has 0 aliphatic heterocycles. The van der Waals surface area contributed by atoms with Crippen LogP contribution in [0.3, 0.4) is 0 Å². The summed E-state index contributed by atoms with van der Waals surface area (Å²) in [7, 11) is 0. The van der Waals surface area contributed by atoms with E-state index in [2.05, 4.69) is 15.8 Å². The van der Waals surface area contributed by atoms with E-state index >= 15 is 0 Å². The number of ether oxygens (including phenoxy) is 1. The Hall–Kier alpha value is -3.74. The van der Waals surface area contributed by atoms with E-state index in [4.69, 9.17) is 4.74 Å². The lowest BCUT2D eigenvalue weighted by molar-refractivity contribution is -0.120. The first kappa shape index (κ1) is 20.0. The molecule has 0 spiro atoms. The molecule has 0 saturated heterocycles. The molecule has 3 aromatic rings. The lowest BCUT2D eigenvalue weighted by Crippen LogP contribution is -2.35. The van der Waals surface area contributed by atoms with Crippen molar-refractivity contribution in [1.82, 2.24) is 10.7 Å². The molecular weight excluding hydrogens is 373 g/mol. The Labute approximate surface area is 167 Å². The van der Waals surface area contributed by atoms with Gasteiger partial charge in [0.2, 0.25) is 0 Å². The van der Waals surface area contributed by atoms with E-state index in [1.54, 1.807) is 6.07 Å². The van der Waals surface area contributed by atoms with Gasteiger partial charge in [0, 0.05) is 5.56 Å². The van der Waals surface area contributed by atoms with E-state index in [1.165, 1.54) is 24.4 Å². The summed E-state index contributed by atoms with van der Waals surface area (Å²) < 4.78 is 19.2. The third-order valence-electron chi connectivity index (χ3n) is 4.14. The van der Waals surface area contributed by atoms with E-state index in [0.29, 0.717) is 12.4 Å². The van der Waals surface area contributed by atoms with Gasteiger partial charge in [-0.05, 0) is 35.9 Å². The summed E-state index contributed by atoms with van der Waals surface area (Å²) >= 11 is 0. The number of nitrogens with zero attached hydrogens (tertiary/aromatic N) is 1. The molecular formula is C22H20FN3O3. The minimum atomic E-state index is -0.671. The number of fused-ring (bicyclic) bond motifs is 1. The highest BCUT2D eigenvalue weighted by Crippen LogP contribution is 2.26. The van der Waals surface area contributed by atoms with Crippen molar-refractivity contribution < 1.29 is 18.7 Å². The second kappa shape index (κ2) is 9.45. The van der Waals surface area contributed by atoms with Gasteiger partial charge < -0.3 is 10.1 Å². The molecule has 2 amide bonds. The van der Waals surface area contributed by atoms with Gasteiger partial charge in [-0.3, -0.25) is 9.59 Å². The lowest BCUT2D eigenvalue weighted by atomic mass is 10.0. The highest BCUT2D eigenvalue weighted by molar-refractivity contribution is 6.03. The van der Waals surface area contributed by atoms with Crippen molar-refractivity contribution in [2.45, 2.75) is 6.92 Å². The Bertz CT molecular complexity index is 1070. The van der Waals surface area contributed by atoms with E-state index in [9.17, 15) is 14.0 Å². The first-order chi connectivity index (χ1) is 14.1. The number of hydrazone groups is 1. The normalized spacial score (nSPS) is 10.8. The average Bonchev–Trinajstić information content (AvgIpc) is 2.73. The number of benzene rings is 3. The summed E-state index contributed by atoms with van der Waals surface area (Å²) in [6.45, 7) is 2.04. The summed E-state index contributed by atoms with van der Waals surface area (Å²) in [5.41, 5.74) is 2.97. The lowest BCUT2D eigenvalue weighted by Gasteiger charge is -2.10. The number of carbonyl (C=O) groups is 2. The summed E-state index contributed by atoms with van der Waals surface area (Å²) in [6, 6.07) is 17.1. The first-order valence-corrected chi connectivity index (χ1v) is 9.09. The summed E-state index contributed by atoms with van der Waals surface area (Å²) in [5, 5.41) is 8.28. The average molecular weight is 393 g/mol. The van der Waals surface area contributed by atoms with Gasteiger partial charge in [-0.1, -0.05) is 42.5 Å². The van der Waals surface area contributed by atoms with Gasteiger partial charge in [0.1, 0.15) is 11.6 Å². The molecule has 0 saturated carbocycles. The fourth-order valence-corrected chi connectivity index (χ4v) is 2.80. The number of rotatable bonds is 7. The number of halogens is 1. The molecule has 29 heavy (non-hydrogen) atoms. The molecule has 0 aliphatic carbocycles. The van der Waals surface area contributed by atoms with Crippen molar-refractivity contribution in [3.8, 4) is 5.75 Å². The van der Waals surface area contributed by atoms with Crippen LogP contribution in [0.25, 0.3) is 10.8 Å². The van der Waals surface area contributed by atoms with Crippen LogP contribution in [0.2, 0.25) is 0 Å². The summed E-state index contributed by atoms with van der Waals surface area (Å²) in [5.74, 6) is -1.21. The van der Waals surface area contributed by atoms with Gasteiger partial charge in [0.25, 0.3) is 11.8 Å². The quantitative estimate of drug-likeness (QED) is 0.478. The van der Waals surface area contributed by atoms with Crippen molar-refractivity contribution >= 4 is 28.8 Å². The molecule has 3 rings (SSSR count). The molecule has 0 bridgehead atoms. The molecule has 0 aromatic heterocycles. The van der Waals surface area contributed by atoms with Crippen molar-refractivity contribution in [2.75, 3.05) is 13.2 Å². The number of hydrogen-bond acceptors (Lipinski definition) is 4. The zero-order valence-electron chi connectivity index (χ0n) is 15.8. The van der Waals surface area contributed by atoms with E-state index in [1.807, 2.05) is 43.3 Å². The van der Waals surface area contributed by atoms with E-state index in [0.717, 1.165) is 16.3 Å². The van der Waals surface area contributed by atoms with Crippen LogP contribution < -0.4 is 15.5 Å². The molecule has 3 aromatic carbocycles. The fourth-order valence-electron chi connectivity index (χ4n) is 2.80. The first-order valence-electron chi connectivity index (χ1n) is 9.09. The monoisotopic (exact) mass is 393 g/mol. The van der Waals surface area contributed by atoms with Gasteiger partial charge in [0.15, 0.2) is 0 Å². The number of nitrogens with one attached hydrogen (secondary N) is 2. The van der Waals surface area contributed by atoms with Crippen LogP contribution in [-0.2, 0) is 4.79 Å². The van der Waals surface area contributed by atoms with Crippen LogP contribution >= 0.6 is 0 Å². The molecule has 6 nitrogen and oxygen atoms in total. The van der Waals surface area contributed by atoms with Crippen molar-refractivity contribution in [1.29, 1.82) is 0 Å². The van der Waals surface area contributed by atoms with Crippen molar-refractivity contribution in [2.24, 2.45) is 5.10 Å². The van der Waals surface area contributed by atoms with Gasteiger partial charge in [-0.2, -0.15) is 5.10 Å². The molecule has 0 heterocycles. The smallest absolute Gasteiger partial charge is 0.259 e. The van der Waals surface area contributed by atoms with Crippen LogP contribution in [-0.4, -0.2) is 31.2 Å². The zero-order chi connectivity index (χ0) is 20.6. The van der Waals surface area contributed by atoms with Crippen LogP contribution in [0.15, 0.2) is 65.8 Å². The second-order valence-corrected chi connectivity index (χ2v) is 6.09. The van der Waals surface area contributed by atoms with Gasteiger partial charge in [0.05, 0.1) is 24.9 Å². The minimum Gasteiger partial charge on any atom is -0.493 e. The van der Waals surface area contributed by atoms with Gasteiger partial charge in [-0.25, -0.2) is 9.82 Å². The van der Waals surface area contributed by atoms with E-state index in [-0.39, 0.29) is 12.1 Å². The highest BCUT2D eigenvalue weighted by atomic mass is 19.1. The Morgan fingerprint density at radius 2 is 1.83 bits per heavy atom. The molecule has 0 aliphatic rings. The number of carbonyl (C=O) groups excluding carboxylic acids is 2. The molecule has 2 N–H and O–H groups in total. The van der Waals surface area contributed by atoms with Gasteiger partial charge in [-0.15, -0.1) is 0 Å². The predicted molar refractivity (Wildman–Crippen MR) is 110 cm³/mol. The largest absolute Gasteiger partial charge is 0.493 e. The fraction of sp³-hybridized carbons (Fsp3) is 0.136.